The van der Waals surface area contributed by atoms with Crippen LogP contribution in [0.3, 0.4) is 0 Å². The number of carbonyl (C=O) groups excluding carboxylic acids is 1. The van der Waals surface area contributed by atoms with Crippen LogP contribution in [0.25, 0.3) is 11.1 Å². The molecule has 0 bridgehead atoms. The normalized spacial score (nSPS) is 11.4. The van der Waals surface area contributed by atoms with Gasteiger partial charge in [0.1, 0.15) is 10.7 Å². The molecule has 1 aromatic carbocycles. The molecule has 0 fully saturated rings. The molecule has 4 aromatic rings. The van der Waals surface area contributed by atoms with E-state index in [1.54, 1.807) is 12.3 Å². The number of aryl methyl sites for hydroxylation is 1. The molecule has 1 N–H and O–H groups in total. The van der Waals surface area contributed by atoms with Crippen LogP contribution in [-0.4, -0.2) is 20.7 Å². The summed E-state index contributed by atoms with van der Waals surface area (Å²) >= 11 is 1.40. The van der Waals surface area contributed by atoms with Crippen LogP contribution in [-0.2, 0) is 6.54 Å². The highest BCUT2D eigenvalue weighted by Gasteiger charge is 2.19. The summed E-state index contributed by atoms with van der Waals surface area (Å²) in [5.74, 6) is 0.0563. The van der Waals surface area contributed by atoms with Crippen molar-refractivity contribution in [2.45, 2.75) is 33.2 Å². The quantitative estimate of drug-likeness (QED) is 0.539. The fourth-order valence-electron chi connectivity index (χ4n) is 2.89. The highest BCUT2D eigenvalue weighted by atomic mass is 32.1. The zero-order chi connectivity index (χ0) is 19.0. The fourth-order valence-corrected chi connectivity index (χ4v) is 3.63. The Morgan fingerprint density at radius 2 is 2.00 bits per heavy atom. The van der Waals surface area contributed by atoms with E-state index in [9.17, 15) is 4.79 Å². The first-order valence-corrected chi connectivity index (χ1v) is 9.60. The summed E-state index contributed by atoms with van der Waals surface area (Å²) in [6.07, 6.45) is 1.64. The summed E-state index contributed by atoms with van der Waals surface area (Å²) < 4.78 is 7.47. The number of rotatable bonds is 5. The van der Waals surface area contributed by atoms with Crippen LogP contribution in [0, 0.1) is 6.92 Å². The van der Waals surface area contributed by atoms with Gasteiger partial charge in [-0.3, -0.25) is 10.1 Å². The monoisotopic (exact) mass is 380 g/mol. The summed E-state index contributed by atoms with van der Waals surface area (Å²) in [6, 6.07) is 11.9. The summed E-state index contributed by atoms with van der Waals surface area (Å²) in [6.45, 7) is 6.74. The highest BCUT2D eigenvalue weighted by Crippen LogP contribution is 2.26. The molecule has 1 amide bonds. The van der Waals surface area contributed by atoms with Crippen molar-refractivity contribution in [1.29, 1.82) is 0 Å². The van der Waals surface area contributed by atoms with E-state index in [1.807, 2.05) is 24.5 Å². The van der Waals surface area contributed by atoms with Crippen molar-refractivity contribution >= 4 is 33.5 Å². The average Bonchev–Trinajstić information content (AvgIpc) is 3.34. The van der Waals surface area contributed by atoms with Crippen LogP contribution < -0.4 is 5.32 Å². The van der Waals surface area contributed by atoms with E-state index in [4.69, 9.17) is 4.42 Å². The molecule has 0 unspecified atom stereocenters. The second-order valence-corrected chi connectivity index (χ2v) is 7.83. The van der Waals surface area contributed by atoms with Gasteiger partial charge in [0.2, 0.25) is 5.13 Å². The molecule has 0 spiro atoms. The minimum Gasteiger partial charge on any atom is -0.463 e. The van der Waals surface area contributed by atoms with E-state index >= 15 is 0 Å². The van der Waals surface area contributed by atoms with E-state index in [0.29, 0.717) is 23.0 Å². The fraction of sp³-hybridized carbons (Fsp3) is 0.250. The SMILES string of the molecule is Cc1ccc(Cn2c(C(=O)Nc3nnc(C(C)C)s3)cc3occc32)cc1. The smallest absolute Gasteiger partial charge is 0.274 e. The lowest BCUT2D eigenvalue weighted by Crippen LogP contribution is -2.17. The number of hydrogen-bond donors (Lipinski definition) is 1. The van der Waals surface area contributed by atoms with Crippen LogP contribution >= 0.6 is 11.3 Å². The summed E-state index contributed by atoms with van der Waals surface area (Å²) in [5, 5.41) is 12.5. The largest absolute Gasteiger partial charge is 0.463 e. The Bertz CT molecular complexity index is 1090. The average molecular weight is 380 g/mol. The van der Waals surface area contributed by atoms with Crippen LogP contribution in [0.5, 0.6) is 0 Å². The summed E-state index contributed by atoms with van der Waals surface area (Å²) in [5.41, 5.74) is 4.43. The van der Waals surface area contributed by atoms with Gasteiger partial charge < -0.3 is 8.98 Å². The van der Waals surface area contributed by atoms with Crippen molar-refractivity contribution in [2.24, 2.45) is 0 Å². The Balaban J connectivity index is 1.65. The standard InChI is InChI=1S/C20H20N4O2S/c1-12(2)19-22-23-20(27-19)21-18(25)16-10-17-15(8-9-26-17)24(16)11-14-6-4-13(3)5-7-14/h4-10,12H,11H2,1-3H3,(H,21,23,25). The molecular formula is C20H20N4O2S. The number of nitrogens with one attached hydrogen (secondary N) is 1. The molecule has 27 heavy (non-hydrogen) atoms. The number of carbonyl (C=O) groups is 1. The van der Waals surface area contributed by atoms with Gasteiger partial charge in [0.05, 0.1) is 11.8 Å². The number of hydrogen-bond acceptors (Lipinski definition) is 5. The second kappa shape index (κ2) is 7.00. The van der Waals surface area contributed by atoms with Crippen LogP contribution in [0.4, 0.5) is 5.13 Å². The van der Waals surface area contributed by atoms with E-state index in [2.05, 4.69) is 46.7 Å². The molecule has 0 aliphatic carbocycles. The predicted molar refractivity (Wildman–Crippen MR) is 106 cm³/mol. The summed E-state index contributed by atoms with van der Waals surface area (Å²) in [4.78, 5) is 12.9. The lowest BCUT2D eigenvalue weighted by Gasteiger charge is -2.10. The first-order chi connectivity index (χ1) is 13.0. The van der Waals surface area contributed by atoms with Gasteiger partial charge in [-0.1, -0.05) is 55.0 Å². The molecule has 138 valence electrons. The van der Waals surface area contributed by atoms with Crippen LogP contribution in [0.2, 0.25) is 0 Å². The molecule has 7 heteroatoms. The first-order valence-electron chi connectivity index (χ1n) is 8.78. The Morgan fingerprint density at radius 1 is 1.22 bits per heavy atom. The minimum atomic E-state index is -0.222. The molecule has 3 aromatic heterocycles. The van der Waals surface area contributed by atoms with Gasteiger partial charge in [-0.2, -0.15) is 0 Å². The number of aromatic nitrogens is 3. The number of anilines is 1. The van der Waals surface area contributed by atoms with Crippen molar-refractivity contribution in [3.05, 3.63) is 64.5 Å². The van der Waals surface area contributed by atoms with E-state index in [1.165, 1.54) is 16.9 Å². The zero-order valence-electron chi connectivity index (χ0n) is 15.4. The van der Waals surface area contributed by atoms with Gasteiger partial charge in [-0.15, -0.1) is 10.2 Å². The van der Waals surface area contributed by atoms with Crippen molar-refractivity contribution < 1.29 is 9.21 Å². The maximum Gasteiger partial charge on any atom is 0.274 e. The second-order valence-electron chi connectivity index (χ2n) is 6.83. The number of amides is 1. The Morgan fingerprint density at radius 3 is 2.70 bits per heavy atom. The zero-order valence-corrected chi connectivity index (χ0v) is 16.2. The third-order valence-corrected chi connectivity index (χ3v) is 5.51. The predicted octanol–water partition coefficient (Wildman–Crippen LogP) is 4.82. The Hall–Kier alpha value is -2.93. The van der Waals surface area contributed by atoms with Crippen molar-refractivity contribution in [1.82, 2.24) is 14.8 Å². The van der Waals surface area contributed by atoms with E-state index < -0.39 is 0 Å². The molecule has 0 aliphatic heterocycles. The van der Waals surface area contributed by atoms with Crippen molar-refractivity contribution in [3.63, 3.8) is 0 Å². The maximum absolute atomic E-state index is 12.9. The lowest BCUT2D eigenvalue weighted by atomic mass is 10.1. The van der Waals surface area contributed by atoms with Crippen LogP contribution in [0.1, 0.15) is 46.4 Å². The minimum absolute atomic E-state index is 0.222. The highest BCUT2D eigenvalue weighted by molar-refractivity contribution is 7.15. The molecule has 3 heterocycles. The number of furan rings is 1. The molecular weight excluding hydrogens is 360 g/mol. The Labute approximate surface area is 160 Å². The van der Waals surface area contributed by atoms with Gasteiger partial charge in [0, 0.05) is 24.6 Å². The molecule has 0 radical (unpaired) electrons. The van der Waals surface area contributed by atoms with E-state index in [0.717, 1.165) is 16.1 Å². The molecule has 0 saturated carbocycles. The lowest BCUT2D eigenvalue weighted by molar-refractivity contribution is 0.101. The van der Waals surface area contributed by atoms with Gasteiger partial charge >= 0.3 is 0 Å². The summed E-state index contributed by atoms with van der Waals surface area (Å²) in [7, 11) is 0. The first kappa shape index (κ1) is 17.5. The molecule has 0 saturated heterocycles. The topological polar surface area (TPSA) is 73.0 Å². The van der Waals surface area contributed by atoms with Crippen molar-refractivity contribution in [3.8, 4) is 0 Å². The van der Waals surface area contributed by atoms with Gasteiger partial charge in [0.15, 0.2) is 5.58 Å². The molecule has 0 aliphatic rings. The van der Waals surface area contributed by atoms with E-state index in [-0.39, 0.29) is 11.8 Å². The van der Waals surface area contributed by atoms with Crippen LogP contribution in [0.15, 0.2) is 47.1 Å². The van der Waals surface area contributed by atoms with Crippen molar-refractivity contribution in [2.75, 3.05) is 5.32 Å². The molecule has 4 rings (SSSR count). The third kappa shape index (κ3) is 3.50. The van der Waals surface area contributed by atoms with Gasteiger partial charge in [0.25, 0.3) is 5.91 Å². The Kier molecular flexibility index (Phi) is 4.53. The maximum atomic E-state index is 12.9. The van der Waals surface area contributed by atoms with Gasteiger partial charge in [-0.05, 0) is 12.5 Å². The third-order valence-electron chi connectivity index (χ3n) is 4.37. The molecule has 0 atom stereocenters. The number of nitrogens with zero attached hydrogens (tertiary/aromatic N) is 3. The number of fused-ring (bicyclic) bond motifs is 1. The number of benzene rings is 1. The van der Waals surface area contributed by atoms with Gasteiger partial charge in [-0.25, -0.2) is 0 Å². The molecule has 6 nitrogen and oxygen atoms in total.